The molecule has 3 heterocycles. The molecular weight excluding hydrogens is 726 g/mol. The fraction of sp³-hybridized carbons (Fsp3) is 0.297. The lowest BCUT2D eigenvalue weighted by molar-refractivity contribution is -0.138. The van der Waals surface area contributed by atoms with Crippen LogP contribution in [0, 0.1) is 40.8 Å². The molecule has 3 N–H and O–H groups in total. The third-order valence-corrected chi connectivity index (χ3v) is 9.70. The lowest BCUT2D eigenvalue weighted by Gasteiger charge is -2.41. The molecule has 4 aromatic rings. The van der Waals surface area contributed by atoms with E-state index < -0.39 is 63.9 Å². The molecule has 0 unspecified atom stereocenters. The first-order valence-electron chi connectivity index (χ1n) is 16.7. The minimum absolute atomic E-state index is 0.00649. The molecule has 1 aromatic heterocycles. The van der Waals surface area contributed by atoms with Gasteiger partial charge in [-0.2, -0.15) is 0 Å². The number of rotatable bonds is 8. The maximum atomic E-state index is 15.1. The molecule has 53 heavy (non-hydrogen) atoms. The smallest absolute Gasteiger partial charge is 0.264 e. The number of nitrogens with two attached hydrogens (primary N) is 1. The van der Waals surface area contributed by atoms with E-state index in [0.717, 1.165) is 16.5 Å². The molecule has 2 aliphatic rings. The molecule has 0 spiro atoms. The number of carbonyl (C=O) groups excluding carboxylic acids is 3. The van der Waals surface area contributed by atoms with Gasteiger partial charge in [0.2, 0.25) is 5.91 Å². The van der Waals surface area contributed by atoms with Gasteiger partial charge in [0, 0.05) is 67.1 Å². The molecule has 16 heteroatoms. The summed E-state index contributed by atoms with van der Waals surface area (Å²) >= 11 is 6.20. The van der Waals surface area contributed by atoms with E-state index in [4.69, 9.17) is 17.3 Å². The summed E-state index contributed by atoms with van der Waals surface area (Å²) < 4.78 is 86.6. The largest absolute Gasteiger partial charge is 0.384 e. The Hall–Kier alpha value is -5.15. The number of hydrogen-bond donors (Lipinski definition) is 2. The van der Waals surface area contributed by atoms with Crippen molar-refractivity contribution in [2.24, 2.45) is 5.92 Å². The molecule has 9 nitrogen and oxygen atoms in total. The summed E-state index contributed by atoms with van der Waals surface area (Å²) in [6, 6.07) is 7.90. The molecule has 0 radical (unpaired) electrons. The molecular formula is C37H33ClF6N6O3. The van der Waals surface area contributed by atoms with Gasteiger partial charge < -0.3 is 20.9 Å². The Labute approximate surface area is 305 Å². The van der Waals surface area contributed by atoms with Gasteiger partial charge in [0.05, 0.1) is 11.4 Å². The average molecular weight is 759 g/mol. The first kappa shape index (κ1) is 37.6. The van der Waals surface area contributed by atoms with E-state index in [1.165, 1.54) is 12.1 Å². The van der Waals surface area contributed by atoms with Crippen LogP contribution in [0.1, 0.15) is 52.0 Å². The third-order valence-electron chi connectivity index (χ3n) is 9.47. The number of pyridine rings is 1. The number of anilines is 3. The number of amides is 3. The zero-order valence-electron chi connectivity index (χ0n) is 28.0. The fourth-order valence-corrected chi connectivity index (χ4v) is 7.06. The number of benzene rings is 3. The number of nitrogens with one attached hydrogen (secondary N) is 1. The Morgan fingerprint density at radius 1 is 0.792 bits per heavy atom. The molecule has 0 aliphatic carbocycles. The molecule has 3 amide bonds. The summed E-state index contributed by atoms with van der Waals surface area (Å²) in [6.45, 7) is 2.36. The number of carbonyl (C=O) groups is 3. The zero-order valence-corrected chi connectivity index (χ0v) is 28.8. The van der Waals surface area contributed by atoms with Crippen molar-refractivity contribution < 1.29 is 40.7 Å². The monoisotopic (exact) mass is 758 g/mol. The topological polar surface area (TPSA) is 112 Å². The molecule has 2 saturated heterocycles. The number of nitrogens with zero attached hydrogens (tertiary/aromatic N) is 4. The molecule has 0 saturated carbocycles. The van der Waals surface area contributed by atoms with Crippen LogP contribution in [0.2, 0.25) is 5.02 Å². The van der Waals surface area contributed by atoms with Gasteiger partial charge in [0.15, 0.2) is 0 Å². The highest BCUT2D eigenvalue weighted by molar-refractivity contribution is 6.31. The minimum Gasteiger partial charge on any atom is -0.384 e. The highest BCUT2D eigenvalue weighted by Gasteiger charge is 2.37. The average Bonchev–Trinajstić information content (AvgIpc) is 3.09. The van der Waals surface area contributed by atoms with Crippen molar-refractivity contribution >= 4 is 46.5 Å². The van der Waals surface area contributed by atoms with Crippen LogP contribution in [0.25, 0.3) is 0 Å². The lowest BCUT2D eigenvalue weighted by atomic mass is 9.93. The van der Waals surface area contributed by atoms with E-state index in [1.54, 1.807) is 17.2 Å². The van der Waals surface area contributed by atoms with Crippen LogP contribution in [-0.2, 0) is 11.3 Å². The van der Waals surface area contributed by atoms with Gasteiger partial charge in [-0.25, -0.2) is 31.3 Å². The highest BCUT2D eigenvalue weighted by atomic mass is 35.5. The lowest BCUT2D eigenvalue weighted by Crippen LogP contribution is -2.51. The fourth-order valence-electron chi connectivity index (χ4n) is 6.89. The van der Waals surface area contributed by atoms with E-state index in [1.807, 2.05) is 6.07 Å². The highest BCUT2D eigenvalue weighted by Crippen LogP contribution is 2.36. The summed E-state index contributed by atoms with van der Waals surface area (Å²) in [5.74, 6) is -11.0. The predicted molar refractivity (Wildman–Crippen MR) is 185 cm³/mol. The normalized spacial score (nSPS) is 15.7. The van der Waals surface area contributed by atoms with Gasteiger partial charge in [-0.3, -0.25) is 19.3 Å². The van der Waals surface area contributed by atoms with Gasteiger partial charge in [-0.1, -0.05) is 11.6 Å². The van der Waals surface area contributed by atoms with Gasteiger partial charge in [-0.15, -0.1) is 0 Å². The predicted octanol–water partition coefficient (Wildman–Crippen LogP) is 6.95. The molecule has 2 aliphatic heterocycles. The van der Waals surface area contributed by atoms with E-state index in [9.17, 15) is 31.9 Å². The zero-order chi connectivity index (χ0) is 38.0. The SMILES string of the molecule is Nc1cc(CN2CCC(C(=O)N3CCC(N(C(=O)c4c(F)cc(F)cc4F)c4ccc(Cl)cc4NC(=O)c4c(F)cc(F)cc4F)CC3)CC2)ccn1. The standard InChI is InChI=1S/C37H33ClF6N6O3/c38-22-1-2-31(30(14-22)47-35(51)33-26(41)15-23(39)16-27(33)42)50(37(53)34-28(43)17-24(40)18-29(34)44)25-6-11-49(12-7-25)36(52)21-4-9-48(10-5-21)19-20-3-8-46-32(45)13-20/h1-3,8,13-18,21,25H,4-7,9-12,19H2,(H2,45,46)(H,47,51). The van der Waals surface area contributed by atoms with Gasteiger partial charge in [0.25, 0.3) is 11.8 Å². The van der Waals surface area contributed by atoms with E-state index in [2.05, 4.69) is 15.2 Å². The van der Waals surface area contributed by atoms with Crippen LogP contribution in [0.4, 0.5) is 43.5 Å². The Kier molecular flexibility index (Phi) is 11.2. The maximum absolute atomic E-state index is 15.1. The summed E-state index contributed by atoms with van der Waals surface area (Å²) in [6.07, 6.45) is 3.14. The van der Waals surface area contributed by atoms with Crippen molar-refractivity contribution in [1.29, 1.82) is 0 Å². The molecule has 0 atom stereocenters. The van der Waals surface area contributed by atoms with Crippen molar-refractivity contribution in [2.75, 3.05) is 42.1 Å². The number of nitrogen functional groups attached to an aromatic ring is 1. The Morgan fingerprint density at radius 2 is 1.38 bits per heavy atom. The molecule has 6 rings (SSSR count). The molecule has 0 bridgehead atoms. The van der Waals surface area contributed by atoms with Gasteiger partial charge in [0.1, 0.15) is 51.8 Å². The second kappa shape index (κ2) is 15.8. The van der Waals surface area contributed by atoms with E-state index >= 15 is 8.78 Å². The Morgan fingerprint density at radius 3 is 1.96 bits per heavy atom. The van der Waals surface area contributed by atoms with Crippen molar-refractivity contribution in [3.05, 3.63) is 117 Å². The summed E-state index contributed by atoms with van der Waals surface area (Å²) in [4.78, 5) is 49.8. The minimum atomic E-state index is -1.51. The Bertz CT molecular complexity index is 2010. The number of likely N-dealkylation sites (tertiary alicyclic amines) is 2. The van der Waals surface area contributed by atoms with Crippen LogP contribution in [0.15, 0.2) is 60.8 Å². The summed E-state index contributed by atoms with van der Waals surface area (Å²) in [5, 5.41) is 2.29. The van der Waals surface area contributed by atoms with E-state index in [0.29, 0.717) is 62.6 Å². The summed E-state index contributed by atoms with van der Waals surface area (Å²) in [5.41, 5.74) is 4.15. The second-order valence-corrected chi connectivity index (χ2v) is 13.4. The second-order valence-electron chi connectivity index (χ2n) is 13.0. The Balaban J connectivity index is 1.23. The van der Waals surface area contributed by atoms with Crippen LogP contribution < -0.4 is 16.0 Å². The van der Waals surface area contributed by atoms with Gasteiger partial charge in [-0.05, 0) is 74.7 Å². The van der Waals surface area contributed by atoms with Crippen molar-refractivity contribution in [2.45, 2.75) is 38.3 Å². The first-order valence-corrected chi connectivity index (χ1v) is 17.1. The maximum Gasteiger partial charge on any atom is 0.264 e. The number of piperidine rings is 2. The van der Waals surface area contributed by atoms with Crippen LogP contribution in [-0.4, -0.2) is 64.7 Å². The third kappa shape index (κ3) is 8.41. The number of aromatic nitrogens is 1. The molecule has 2 fully saturated rings. The first-order chi connectivity index (χ1) is 25.3. The quantitative estimate of drug-likeness (QED) is 0.188. The van der Waals surface area contributed by atoms with Crippen molar-refractivity contribution in [3.8, 4) is 0 Å². The van der Waals surface area contributed by atoms with Crippen molar-refractivity contribution in [1.82, 2.24) is 14.8 Å². The summed E-state index contributed by atoms with van der Waals surface area (Å²) in [7, 11) is 0. The van der Waals surface area contributed by atoms with Crippen molar-refractivity contribution in [3.63, 3.8) is 0 Å². The van der Waals surface area contributed by atoms with Crippen LogP contribution in [0.3, 0.4) is 0 Å². The van der Waals surface area contributed by atoms with Gasteiger partial charge >= 0.3 is 0 Å². The van der Waals surface area contributed by atoms with E-state index in [-0.39, 0.29) is 54.2 Å². The molecule has 278 valence electrons. The number of hydrogen-bond acceptors (Lipinski definition) is 6. The van der Waals surface area contributed by atoms with Crippen LogP contribution >= 0.6 is 11.6 Å². The molecule has 3 aromatic carbocycles. The number of halogens is 7. The van der Waals surface area contributed by atoms with Crippen LogP contribution in [0.5, 0.6) is 0 Å².